The first-order chi connectivity index (χ1) is 16.7. The molecule has 0 spiro atoms. The molecule has 0 aliphatic rings. The second kappa shape index (κ2) is 10.5. The van der Waals surface area contributed by atoms with Gasteiger partial charge in [-0.05, 0) is 54.3 Å². The molecule has 0 aliphatic carbocycles. The highest BCUT2D eigenvalue weighted by atomic mass is 79.9. The van der Waals surface area contributed by atoms with Crippen molar-refractivity contribution in [1.29, 1.82) is 0 Å². The van der Waals surface area contributed by atoms with Gasteiger partial charge in [-0.1, -0.05) is 68.3 Å². The van der Waals surface area contributed by atoms with Gasteiger partial charge >= 0.3 is 17.9 Å². The highest BCUT2D eigenvalue weighted by molar-refractivity contribution is 9.10. The predicted octanol–water partition coefficient (Wildman–Crippen LogP) is 5.39. The number of rotatable bonds is 8. The number of nitrogens with zero attached hydrogens (tertiary/aromatic N) is 1. The molecule has 4 rings (SSSR count). The van der Waals surface area contributed by atoms with Crippen molar-refractivity contribution in [2.45, 2.75) is 22.5 Å². The number of carbonyl (C=O) groups is 3. The Kier molecular flexibility index (Phi) is 7.47. The van der Waals surface area contributed by atoms with Crippen LogP contribution in [-0.2, 0) is 22.4 Å². The molecule has 0 radical (unpaired) electrons. The average molecular weight is 601 g/mol. The quantitative estimate of drug-likeness (QED) is 0.121. The first-order valence-corrected chi connectivity index (χ1v) is 12.4. The highest BCUT2D eigenvalue weighted by Gasteiger charge is 2.21. The van der Waals surface area contributed by atoms with Crippen LogP contribution in [0.15, 0.2) is 66.7 Å². The summed E-state index contributed by atoms with van der Waals surface area (Å²) < 4.78 is 5.65. The molecule has 0 saturated carbocycles. The number of carboxylic acid groups (broad SMARTS) is 2. The van der Waals surface area contributed by atoms with Gasteiger partial charge in [0, 0.05) is 10.8 Å². The number of aliphatic carboxylic acids is 2. The van der Waals surface area contributed by atoms with E-state index in [0.29, 0.717) is 33.1 Å². The summed E-state index contributed by atoms with van der Waals surface area (Å²) in [4.78, 5) is 39.1. The van der Waals surface area contributed by atoms with E-state index in [4.69, 9.17) is 9.72 Å². The molecule has 178 valence electrons. The number of carboxylic acids is 2. The fourth-order valence-electron chi connectivity index (χ4n) is 3.75. The van der Waals surface area contributed by atoms with Crippen LogP contribution in [0.1, 0.15) is 21.5 Å². The Labute approximate surface area is 217 Å². The molecule has 2 unspecified atom stereocenters. The molecule has 2 atom stereocenters. The van der Waals surface area contributed by atoms with Crippen LogP contribution in [-0.4, -0.2) is 42.8 Å². The zero-order chi connectivity index (χ0) is 25.1. The van der Waals surface area contributed by atoms with Crippen LogP contribution in [0.25, 0.3) is 21.8 Å². The minimum absolute atomic E-state index is 0.219. The highest BCUT2D eigenvalue weighted by Crippen LogP contribution is 2.30. The normalized spacial score (nSPS) is 12.9. The number of fused-ring (bicyclic) bond motifs is 2. The van der Waals surface area contributed by atoms with Crippen LogP contribution in [0.4, 0.5) is 0 Å². The molecule has 35 heavy (non-hydrogen) atoms. The number of para-hydroxylation sites is 1. The second-order valence-electron chi connectivity index (χ2n) is 7.91. The number of carbonyl (C=O) groups excluding carboxylic acids is 1. The Morgan fingerprint density at radius 1 is 0.771 bits per heavy atom. The van der Waals surface area contributed by atoms with Gasteiger partial charge < -0.3 is 14.9 Å². The molecular weight excluding hydrogens is 582 g/mol. The van der Waals surface area contributed by atoms with Crippen LogP contribution in [0.3, 0.4) is 0 Å². The lowest BCUT2D eigenvalue weighted by atomic mass is 9.97. The van der Waals surface area contributed by atoms with E-state index in [2.05, 4.69) is 31.9 Å². The molecule has 1 aromatic heterocycles. The van der Waals surface area contributed by atoms with Gasteiger partial charge in [-0.3, -0.25) is 9.59 Å². The van der Waals surface area contributed by atoms with Gasteiger partial charge in [-0.2, -0.15) is 0 Å². The molecular formula is C26H19Br2NO6. The van der Waals surface area contributed by atoms with Gasteiger partial charge in [0.2, 0.25) is 0 Å². The number of ether oxygens (including phenoxy) is 1. The number of halogens is 2. The summed E-state index contributed by atoms with van der Waals surface area (Å²) in [5.74, 6) is -2.14. The molecule has 0 fully saturated rings. The first kappa shape index (κ1) is 24.8. The third kappa shape index (κ3) is 5.68. The van der Waals surface area contributed by atoms with Gasteiger partial charge in [-0.25, -0.2) is 9.78 Å². The number of hydrogen-bond acceptors (Lipinski definition) is 5. The third-order valence-electron chi connectivity index (χ3n) is 5.43. The minimum Gasteiger partial charge on any atom is -0.480 e. The molecule has 0 aliphatic heterocycles. The van der Waals surface area contributed by atoms with E-state index < -0.39 is 27.6 Å². The minimum atomic E-state index is -0.982. The Bertz CT molecular complexity index is 1440. The second-order valence-corrected chi connectivity index (χ2v) is 10.1. The number of pyridine rings is 1. The number of hydrogen-bond donors (Lipinski definition) is 2. The molecule has 3 aromatic carbocycles. The summed E-state index contributed by atoms with van der Waals surface area (Å²) in [6.45, 7) is 0. The smallest absolute Gasteiger partial charge is 0.344 e. The van der Waals surface area contributed by atoms with Gasteiger partial charge in [0.05, 0.1) is 16.6 Å². The van der Waals surface area contributed by atoms with Crippen molar-refractivity contribution in [3.8, 4) is 5.75 Å². The number of benzene rings is 3. The fourth-order valence-corrected chi connectivity index (χ4v) is 4.49. The standard InChI is InChI=1S/C26H19Br2NO6/c27-19(24(30)31)11-14-7-9-21-18(10-14)23(26(34)35-16-4-2-1-3-5-16)17-8-6-15(13-22(17)29-21)12-20(28)25(32)33/h1-10,13,19-20H,11-12H2,(H,30,31)(H,32,33). The van der Waals surface area contributed by atoms with Crippen molar-refractivity contribution in [3.63, 3.8) is 0 Å². The monoisotopic (exact) mass is 599 g/mol. The summed E-state index contributed by atoms with van der Waals surface area (Å²) >= 11 is 6.32. The summed E-state index contributed by atoms with van der Waals surface area (Å²) in [6, 6.07) is 19.2. The van der Waals surface area contributed by atoms with Crippen LogP contribution >= 0.6 is 31.9 Å². The molecule has 7 nitrogen and oxygen atoms in total. The third-order valence-corrected chi connectivity index (χ3v) is 6.86. The van der Waals surface area contributed by atoms with E-state index in [1.807, 2.05) is 6.07 Å². The number of esters is 1. The summed E-state index contributed by atoms with van der Waals surface area (Å²) in [7, 11) is 0. The van der Waals surface area contributed by atoms with Gasteiger partial charge in [0.15, 0.2) is 0 Å². The Hall–Kier alpha value is -3.30. The lowest BCUT2D eigenvalue weighted by Crippen LogP contribution is -2.16. The van der Waals surface area contributed by atoms with E-state index in [1.165, 1.54) is 0 Å². The van der Waals surface area contributed by atoms with Crippen molar-refractivity contribution < 1.29 is 29.3 Å². The van der Waals surface area contributed by atoms with Crippen molar-refractivity contribution in [2.75, 3.05) is 0 Å². The maximum Gasteiger partial charge on any atom is 0.344 e. The summed E-state index contributed by atoms with van der Waals surface area (Å²) in [5.41, 5.74) is 2.83. The van der Waals surface area contributed by atoms with E-state index in [-0.39, 0.29) is 12.8 Å². The topological polar surface area (TPSA) is 114 Å². The van der Waals surface area contributed by atoms with Crippen molar-refractivity contribution in [3.05, 3.63) is 83.4 Å². The van der Waals surface area contributed by atoms with E-state index >= 15 is 0 Å². The molecule has 4 aromatic rings. The maximum atomic E-state index is 13.4. The Morgan fingerprint density at radius 3 is 2.00 bits per heavy atom. The molecule has 1 heterocycles. The Morgan fingerprint density at radius 2 is 1.37 bits per heavy atom. The molecule has 0 saturated heterocycles. The lowest BCUT2D eigenvalue weighted by molar-refractivity contribution is -0.137. The lowest BCUT2D eigenvalue weighted by Gasteiger charge is -2.14. The largest absolute Gasteiger partial charge is 0.480 e. The molecule has 0 amide bonds. The van der Waals surface area contributed by atoms with Crippen molar-refractivity contribution in [2.24, 2.45) is 0 Å². The maximum absolute atomic E-state index is 13.4. The van der Waals surface area contributed by atoms with E-state index in [1.54, 1.807) is 60.7 Å². The van der Waals surface area contributed by atoms with Crippen molar-refractivity contribution >= 4 is 71.6 Å². The van der Waals surface area contributed by atoms with Crippen molar-refractivity contribution in [1.82, 2.24) is 4.98 Å². The molecule has 0 bridgehead atoms. The van der Waals surface area contributed by atoms with Crippen LogP contribution < -0.4 is 4.74 Å². The summed E-state index contributed by atoms with van der Waals surface area (Å²) in [6.07, 6.45) is 0.465. The Balaban J connectivity index is 1.86. The average Bonchev–Trinajstić information content (AvgIpc) is 2.83. The van der Waals surface area contributed by atoms with Gasteiger partial charge in [-0.15, -0.1) is 0 Å². The summed E-state index contributed by atoms with van der Waals surface area (Å²) in [5, 5.41) is 19.6. The van der Waals surface area contributed by atoms with Crippen LogP contribution in [0.5, 0.6) is 5.75 Å². The van der Waals surface area contributed by atoms with Gasteiger partial charge in [0.25, 0.3) is 0 Å². The zero-order valence-electron chi connectivity index (χ0n) is 18.2. The molecule has 2 N–H and O–H groups in total. The zero-order valence-corrected chi connectivity index (χ0v) is 21.3. The van der Waals surface area contributed by atoms with E-state index in [0.717, 1.165) is 11.1 Å². The fraction of sp³-hybridized carbons (Fsp3) is 0.154. The van der Waals surface area contributed by atoms with Crippen LogP contribution in [0, 0.1) is 0 Å². The number of aromatic nitrogens is 1. The SMILES string of the molecule is O=C(Oc1ccccc1)c1c2ccc(CC(Br)C(=O)O)cc2nc2ccc(CC(Br)C(=O)O)cc12. The number of alkyl halides is 2. The first-order valence-electron chi connectivity index (χ1n) is 10.6. The predicted molar refractivity (Wildman–Crippen MR) is 139 cm³/mol. The van der Waals surface area contributed by atoms with Gasteiger partial charge in [0.1, 0.15) is 15.4 Å². The van der Waals surface area contributed by atoms with E-state index in [9.17, 15) is 24.6 Å². The molecule has 9 heteroatoms. The van der Waals surface area contributed by atoms with Crippen LogP contribution in [0.2, 0.25) is 0 Å².